The molecule has 0 aliphatic rings. The molecule has 0 aliphatic carbocycles. The van der Waals surface area contributed by atoms with Crippen molar-refractivity contribution in [3.05, 3.63) is 81.9 Å². The number of aromatic hydroxyl groups is 2. The molecule has 0 aromatic heterocycles. The smallest absolute Gasteiger partial charge is 0.127 e. The van der Waals surface area contributed by atoms with Crippen molar-refractivity contribution in [2.24, 2.45) is 9.98 Å². The Bertz CT molecular complexity index is 1230. The molecule has 38 heavy (non-hydrogen) atoms. The molecule has 0 unspecified atom stereocenters. The molecule has 0 fully saturated rings. The van der Waals surface area contributed by atoms with Crippen LogP contribution in [0.15, 0.2) is 58.5 Å². The zero-order valence-electron chi connectivity index (χ0n) is 24.7. The number of phenols is 2. The highest BCUT2D eigenvalue weighted by Crippen LogP contribution is 2.36. The van der Waals surface area contributed by atoms with Crippen molar-refractivity contribution in [3.8, 4) is 11.5 Å². The van der Waals surface area contributed by atoms with Crippen LogP contribution in [0.25, 0.3) is 0 Å². The van der Waals surface area contributed by atoms with Gasteiger partial charge in [0.15, 0.2) is 0 Å². The first kappa shape index (κ1) is 29.2. The number of rotatable bonds is 6. The molecule has 0 bridgehead atoms. The van der Waals surface area contributed by atoms with E-state index in [-0.39, 0.29) is 34.2 Å². The zero-order valence-corrected chi connectivity index (χ0v) is 24.7. The second kappa shape index (κ2) is 11.1. The topological polar surface area (TPSA) is 65.2 Å². The molecule has 0 saturated heterocycles. The minimum absolute atomic E-state index is 0.0314. The molecule has 0 heterocycles. The Morgan fingerprint density at radius 1 is 0.579 bits per heavy atom. The van der Waals surface area contributed by atoms with Crippen molar-refractivity contribution in [1.29, 1.82) is 0 Å². The second-order valence-electron chi connectivity index (χ2n) is 12.8. The van der Waals surface area contributed by atoms with Crippen molar-refractivity contribution < 1.29 is 10.2 Å². The highest BCUT2D eigenvalue weighted by Gasteiger charge is 2.20. The van der Waals surface area contributed by atoms with Crippen molar-refractivity contribution in [3.63, 3.8) is 0 Å². The van der Waals surface area contributed by atoms with E-state index in [0.717, 1.165) is 33.6 Å². The summed E-state index contributed by atoms with van der Waals surface area (Å²) >= 11 is 0. The van der Waals surface area contributed by atoms with E-state index < -0.39 is 0 Å². The molecule has 202 valence electrons. The number of phenolic OH excluding ortho intramolecular Hbond substituents is 2. The van der Waals surface area contributed by atoms with Crippen LogP contribution in [0.5, 0.6) is 11.5 Å². The van der Waals surface area contributed by atoms with Gasteiger partial charge >= 0.3 is 0 Å². The lowest BCUT2D eigenvalue weighted by Crippen LogP contribution is -2.12. The van der Waals surface area contributed by atoms with E-state index in [1.54, 1.807) is 12.4 Å². The molecule has 0 spiro atoms. The Balaban J connectivity index is 1.88. The molecule has 0 aliphatic heterocycles. The fourth-order valence-electron chi connectivity index (χ4n) is 4.22. The van der Waals surface area contributed by atoms with Gasteiger partial charge in [-0.15, -0.1) is 0 Å². The van der Waals surface area contributed by atoms with E-state index in [4.69, 9.17) is 0 Å². The van der Waals surface area contributed by atoms with Crippen LogP contribution in [-0.4, -0.2) is 22.6 Å². The molecule has 0 radical (unpaired) electrons. The first-order valence-electron chi connectivity index (χ1n) is 13.5. The van der Waals surface area contributed by atoms with Crippen LogP contribution >= 0.6 is 0 Å². The van der Waals surface area contributed by atoms with E-state index >= 15 is 0 Å². The third-order valence-electron chi connectivity index (χ3n) is 6.87. The van der Waals surface area contributed by atoms with Crippen LogP contribution in [0.3, 0.4) is 0 Å². The van der Waals surface area contributed by atoms with Gasteiger partial charge in [0.2, 0.25) is 0 Å². The van der Waals surface area contributed by atoms with Crippen molar-refractivity contribution >= 4 is 23.8 Å². The van der Waals surface area contributed by atoms with Crippen LogP contribution in [0.2, 0.25) is 0 Å². The van der Waals surface area contributed by atoms with Crippen LogP contribution in [0.1, 0.15) is 114 Å². The number of hydrogen-bond acceptors (Lipinski definition) is 4. The van der Waals surface area contributed by atoms with Crippen molar-refractivity contribution in [1.82, 2.24) is 0 Å². The van der Waals surface area contributed by atoms with Gasteiger partial charge < -0.3 is 10.2 Å². The third-order valence-corrected chi connectivity index (χ3v) is 6.87. The first-order chi connectivity index (χ1) is 17.6. The number of aliphatic imine (C=N–C) groups is 2. The summed E-state index contributed by atoms with van der Waals surface area (Å²) in [5, 5.41) is 21.7. The van der Waals surface area contributed by atoms with Gasteiger partial charge in [-0.05, 0) is 81.3 Å². The zero-order chi connectivity index (χ0) is 28.4. The highest BCUT2D eigenvalue weighted by molar-refractivity contribution is 5.88. The Morgan fingerprint density at radius 2 is 0.895 bits per heavy atom. The van der Waals surface area contributed by atoms with E-state index in [9.17, 15) is 10.2 Å². The summed E-state index contributed by atoms with van der Waals surface area (Å²) in [7, 11) is 0. The minimum atomic E-state index is -0.0314. The molecule has 2 N–H and O–H groups in total. The Hall–Kier alpha value is -3.40. The third kappa shape index (κ3) is 6.92. The first-order valence-corrected chi connectivity index (χ1v) is 13.5. The summed E-state index contributed by atoms with van der Waals surface area (Å²) < 4.78 is 0. The van der Waals surface area contributed by atoms with Gasteiger partial charge in [0.25, 0.3) is 0 Å². The summed E-state index contributed by atoms with van der Waals surface area (Å²) in [6.45, 7) is 21.4. The number of nitrogens with zero attached hydrogens (tertiary/aromatic N) is 2. The second-order valence-corrected chi connectivity index (χ2v) is 12.8. The predicted molar refractivity (Wildman–Crippen MR) is 163 cm³/mol. The van der Waals surface area contributed by atoms with Crippen molar-refractivity contribution in [2.45, 2.75) is 91.9 Å². The standard InChI is InChI=1S/C34H44N2O2/c1-21(2)29-17-25(33(5,6)7)15-23(31(29)37)19-35-27-11-13-28(14-12-27)36-20-24-16-26(34(8,9)10)18-30(22(3)4)32(24)38/h11-22,37-38H,1-10H3. The van der Waals surface area contributed by atoms with Gasteiger partial charge in [-0.3, -0.25) is 9.98 Å². The summed E-state index contributed by atoms with van der Waals surface area (Å²) in [5.74, 6) is 0.996. The molecular weight excluding hydrogens is 468 g/mol. The normalized spacial score (nSPS) is 12.9. The number of benzene rings is 3. The molecule has 4 nitrogen and oxygen atoms in total. The maximum Gasteiger partial charge on any atom is 0.127 e. The fourth-order valence-corrected chi connectivity index (χ4v) is 4.22. The van der Waals surface area contributed by atoms with Crippen molar-refractivity contribution in [2.75, 3.05) is 0 Å². The number of hydrogen-bond donors (Lipinski definition) is 2. The largest absolute Gasteiger partial charge is 0.507 e. The van der Waals surface area contributed by atoms with Crippen LogP contribution < -0.4 is 0 Å². The van der Waals surface area contributed by atoms with Crippen LogP contribution in [0, 0.1) is 0 Å². The van der Waals surface area contributed by atoms with E-state index in [1.807, 2.05) is 36.4 Å². The molecule has 0 saturated carbocycles. The molecule has 4 heteroatoms. The SMILES string of the molecule is CC(C)c1cc(C(C)(C)C)cc(C=Nc2ccc(N=Cc3cc(C(C)(C)C)cc(C(C)C)c3O)cc2)c1O. The average molecular weight is 513 g/mol. The molecule has 3 rings (SSSR count). The lowest BCUT2D eigenvalue weighted by molar-refractivity contribution is 0.461. The lowest BCUT2D eigenvalue weighted by atomic mass is 9.83. The Labute approximate surface area is 229 Å². The van der Waals surface area contributed by atoms with E-state index in [0.29, 0.717) is 0 Å². The van der Waals surface area contributed by atoms with Gasteiger partial charge in [0.05, 0.1) is 11.4 Å². The highest BCUT2D eigenvalue weighted by atomic mass is 16.3. The molecule has 0 atom stereocenters. The monoisotopic (exact) mass is 512 g/mol. The van der Waals surface area contributed by atoms with Gasteiger partial charge in [-0.1, -0.05) is 81.4 Å². The maximum absolute atomic E-state index is 10.9. The minimum Gasteiger partial charge on any atom is -0.507 e. The van der Waals surface area contributed by atoms with Crippen LogP contribution in [0.4, 0.5) is 11.4 Å². The quantitative estimate of drug-likeness (QED) is 0.323. The van der Waals surface area contributed by atoms with Gasteiger partial charge in [0, 0.05) is 23.6 Å². The average Bonchev–Trinajstić information content (AvgIpc) is 2.81. The molecule has 3 aromatic rings. The molecule has 3 aromatic carbocycles. The van der Waals surface area contributed by atoms with Gasteiger partial charge in [-0.25, -0.2) is 0 Å². The van der Waals surface area contributed by atoms with E-state index in [1.165, 1.54) is 11.1 Å². The fraction of sp³-hybridized carbons (Fsp3) is 0.412. The summed E-state index contributed by atoms with van der Waals surface area (Å²) in [5.41, 5.74) is 7.13. The van der Waals surface area contributed by atoms with E-state index in [2.05, 4.69) is 91.4 Å². The Morgan fingerprint density at radius 3 is 1.16 bits per heavy atom. The maximum atomic E-state index is 10.9. The summed E-state index contributed by atoms with van der Waals surface area (Å²) in [6.07, 6.45) is 3.47. The van der Waals surface area contributed by atoms with Gasteiger partial charge in [-0.2, -0.15) is 0 Å². The molecule has 0 amide bonds. The summed E-state index contributed by atoms with van der Waals surface area (Å²) in [4.78, 5) is 9.25. The summed E-state index contributed by atoms with van der Waals surface area (Å²) in [6, 6.07) is 15.9. The van der Waals surface area contributed by atoms with Crippen LogP contribution in [-0.2, 0) is 10.8 Å². The molecular formula is C34H44N2O2. The van der Waals surface area contributed by atoms with Gasteiger partial charge in [0.1, 0.15) is 11.5 Å². The lowest BCUT2D eigenvalue weighted by Gasteiger charge is -2.22. The predicted octanol–water partition coefficient (Wildman–Crippen LogP) is 9.44. The Kier molecular flexibility index (Phi) is 8.55.